The Bertz CT molecular complexity index is 371. The molecule has 3 N–H and O–H groups in total. The fourth-order valence-corrected chi connectivity index (χ4v) is 1.37. The lowest BCUT2D eigenvalue weighted by atomic mass is 10.1. The number of ether oxygens (including phenoxy) is 1. The maximum atomic E-state index is 8.64. The molecular weight excluding hydrogens is 202 g/mol. The molecule has 0 radical (unpaired) electrons. The summed E-state index contributed by atoms with van der Waals surface area (Å²) in [5.41, 5.74) is 8.25. The summed E-state index contributed by atoms with van der Waals surface area (Å²) in [6, 6.07) is 7.72. The minimum Gasteiger partial charge on any atom is -0.398 e. The summed E-state index contributed by atoms with van der Waals surface area (Å²) in [7, 11) is 0. The van der Waals surface area contributed by atoms with Crippen molar-refractivity contribution in [3.05, 3.63) is 23.8 Å². The van der Waals surface area contributed by atoms with E-state index in [1.54, 1.807) is 0 Å². The Balaban J connectivity index is 2.54. The molecule has 0 atom stereocenters. The Kier molecular flexibility index (Phi) is 5.17. The number of hydrogen-bond acceptors (Lipinski definition) is 4. The van der Waals surface area contributed by atoms with Gasteiger partial charge in [-0.25, -0.2) is 0 Å². The second-order valence-electron chi connectivity index (χ2n) is 3.37. The highest BCUT2D eigenvalue weighted by Crippen LogP contribution is 2.17. The zero-order valence-electron chi connectivity index (χ0n) is 9.49. The number of benzene rings is 1. The highest BCUT2D eigenvalue weighted by Gasteiger charge is 2.00. The molecule has 0 heterocycles. The molecule has 0 amide bonds. The van der Waals surface area contributed by atoms with Crippen molar-refractivity contribution < 1.29 is 4.74 Å². The van der Waals surface area contributed by atoms with Crippen molar-refractivity contribution in [1.82, 2.24) is 0 Å². The average molecular weight is 219 g/mol. The predicted molar refractivity (Wildman–Crippen MR) is 65.2 cm³/mol. The summed E-state index contributed by atoms with van der Waals surface area (Å²) in [5, 5.41) is 11.9. The zero-order chi connectivity index (χ0) is 11.8. The van der Waals surface area contributed by atoms with Crippen LogP contribution in [0.5, 0.6) is 0 Å². The number of anilines is 2. The van der Waals surface area contributed by atoms with Gasteiger partial charge in [0.1, 0.15) is 0 Å². The molecule has 1 aromatic carbocycles. The fourth-order valence-electron chi connectivity index (χ4n) is 1.37. The van der Waals surface area contributed by atoms with Crippen LogP contribution in [0, 0.1) is 11.3 Å². The highest BCUT2D eigenvalue weighted by molar-refractivity contribution is 5.57. The van der Waals surface area contributed by atoms with Crippen molar-refractivity contribution in [2.24, 2.45) is 0 Å². The predicted octanol–water partition coefficient (Wildman–Crippen LogP) is 1.78. The van der Waals surface area contributed by atoms with Gasteiger partial charge in [-0.15, -0.1) is 0 Å². The minimum absolute atomic E-state index is 0.340. The molecule has 16 heavy (non-hydrogen) atoms. The Hall–Kier alpha value is -1.73. The van der Waals surface area contributed by atoms with E-state index < -0.39 is 0 Å². The van der Waals surface area contributed by atoms with E-state index in [4.69, 9.17) is 15.7 Å². The van der Waals surface area contributed by atoms with E-state index in [0.717, 1.165) is 24.4 Å². The zero-order valence-corrected chi connectivity index (χ0v) is 9.49. The normalized spacial score (nSPS) is 9.75. The van der Waals surface area contributed by atoms with Gasteiger partial charge >= 0.3 is 0 Å². The molecule has 4 heteroatoms. The van der Waals surface area contributed by atoms with Crippen LogP contribution in [0.4, 0.5) is 11.4 Å². The van der Waals surface area contributed by atoms with Crippen molar-refractivity contribution in [3.8, 4) is 6.07 Å². The van der Waals surface area contributed by atoms with Crippen LogP contribution >= 0.6 is 0 Å². The number of nitrogens with zero attached hydrogens (tertiary/aromatic N) is 1. The molecule has 4 nitrogen and oxygen atoms in total. The van der Waals surface area contributed by atoms with E-state index in [0.29, 0.717) is 18.7 Å². The second kappa shape index (κ2) is 6.70. The van der Waals surface area contributed by atoms with Crippen LogP contribution in [0.2, 0.25) is 0 Å². The van der Waals surface area contributed by atoms with Crippen molar-refractivity contribution in [3.63, 3.8) is 0 Å². The van der Waals surface area contributed by atoms with Crippen LogP contribution in [-0.2, 0) is 11.2 Å². The minimum atomic E-state index is 0.340. The van der Waals surface area contributed by atoms with Crippen LogP contribution in [0.3, 0.4) is 0 Å². The Morgan fingerprint density at radius 2 is 2.31 bits per heavy atom. The van der Waals surface area contributed by atoms with Crippen molar-refractivity contribution in [1.29, 1.82) is 5.26 Å². The third-order valence-corrected chi connectivity index (χ3v) is 2.19. The highest BCUT2D eigenvalue weighted by atomic mass is 16.5. The van der Waals surface area contributed by atoms with Gasteiger partial charge in [-0.1, -0.05) is 0 Å². The number of nitriles is 1. The lowest BCUT2D eigenvalue weighted by Crippen LogP contribution is -2.09. The van der Waals surface area contributed by atoms with Crippen LogP contribution in [0.25, 0.3) is 0 Å². The largest absolute Gasteiger partial charge is 0.398 e. The first-order valence-corrected chi connectivity index (χ1v) is 5.35. The van der Waals surface area contributed by atoms with Gasteiger partial charge in [-0.3, -0.25) is 0 Å². The summed E-state index contributed by atoms with van der Waals surface area (Å²) >= 11 is 0. The summed E-state index contributed by atoms with van der Waals surface area (Å²) in [6.45, 7) is 4.12. The summed E-state index contributed by atoms with van der Waals surface area (Å²) in [4.78, 5) is 0. The van der Waals surface area contributed by atoms with Crippen molar-refractivity contribution in [2.45, 2.75) is 13.3 Å². The first-order chi connectivity index (χ1) is 7.77. The van der Waals surface area contributed by atoms with Gasteiger partial charge in [0.25, 0.3) is 0 Å². The first-order valence-electron chi connectivity index (χ1n) is 5.35. The molecular formula is C12H17N3O. The van der Waals surface area contributed by atoms with E-state index in [2.05, 4.69) is 11.4 Å². The van der Waals surface area contributed by atoms with Gasteiger partial charge in [-0.05, 0) is 30.7 Å². The molecule has 0 aliphatic carbocycles. The van der Waals surface area contributed by atoms with Gasteiger partial charge in [0.2, 0.25) is 0 Å². The van der Waals surface area contributed by atoms with Gasteiger partial charge in [0.15, 0.2) is 0 Å². The first kappa shape index (κ1) is 12.3. The number of hydrogen-bond donors (Lipinski definition) is 2. The second-order valence-corrected chi connectivity index (χ2v) is 3.37. The standard InChI is InChI=1S/C12H17N3O/c1-2-16-8-7-15-11-3-4-12(14)10(9-11)5-6-13/h3-4,9,15H,2,5,7-8,14H2,1H3. The SMILES string of the molecule is CCOCCNc1ccc(N)c(CC#N)c1. The molecule has 0 fully saturated rings. The van der Waals surface area contributed by atoms with E-state index >= 15 is 0 Å². The van der Waals surface area contributed by atoms with E-state index in [1.165, 1.54) is 0 Å². The van der Waals surface area contributed by atoms with Gasteiger partial charge in [-0.2, -0.15) is 5.26 Å². The fraction of sp³-hybridized carbons (Fsp3) is 0.417. The van der Waals surface area contributed by atoms with Gasteiger partial charge in [0, 0.05) is 24.5 Å². The smallest absolute Gasteiger partial charge is 0.0670 e. The molecule has 86 valence electrons. The van der Waals surface area contributed by atoms with E-state index in [1.807, 2.05) is 25.1 Å². The molecule has 0 unspecified atom stereocenters. The maximum absolute atomic E-state index is 8.64. The molecule has 1 aromatic rings. The van der Waals surface area contributed by atoms with E-state index in [-0.39, 0.29) is 0 Å². The summed E-state index contributed by atoms with van der Waals surface area (Å²) in [6.07, 6.45) is 0.340. The van der Waals surface area contributed by atoms with Gasteiger partial charge < -0.3 is 15.8 Å². The average Bonchev–Trinajstić information content (AvgIpc) is 2.29. The number of nitrogen functional groups attached to an aromatic ring is 1. The maximum Gasteiger partial charge on any atom is 0.0670 e. The third-order valence-electron chi connectivity index (χ3n) is 2.19. The lowest BCUT2D eigenvalue weighted by molar-refractivity contribution is 0.158. The molecule has 0 aliphatic heterocycles. The van der Waals surface area contributed by atoms with E-state index in [9.17, 15) is 0 Å². The number of nitrogens with two attached hydrogens (primary N) is 1. The molecule has 1 rings (SSSR count). The molecule has 0 aromatic heterocycles. The monoisotopic (exact) mass is 219 g/mol. The van der Waals surface area contributed by atoms with Crippen LogP contribution in [0.1, 0.15) is 12.5 Å². The lowest BCUT2D eigenvalue weighted by Gasteiger charge is -2.09. The van der Waals surface area contributed by atoms with Crippen LogP contribution in [-0.4, -0.2) is 19.8 Å². The third kappa shape index (κ3) is 3.79. The molecule has 0 saturated carbocycles. The molecule has 0 spiro atoms. The van der Waals surface area contributed by atoms with Crippen LogP contribution < -0.4 is 11.1 Å². The van der Waals surface area contributed by atoms with Crippen LogP contribution in [0.15, 0.2) is 18.2 Å². The summed E-state index contributed by atoms with van der Waals surface area (Å²) in [5.74, 6) is 0. The number of nitrogens with one attached hydrogen (secondary N) is 1. The quantitative estimate of drug-likeness (QED) is 0.565. The molecule has 0 saturated heterocycles. The Labute approximate surface area is 96.0 Å². The van der Waals surface area contributed by atoms with Crippen molar-refractivity contribution >= 4 is 11.4 Å². The molecule has 0 bridgehead atoms. The Morgan fingerprint density at radius 3 is 3.00 bits per heavy atom. The van der Waals surface area contributed by atoms with Gasteiger partial charge in [0.05, 0.1) is 19.1 Å². The Morgan fingerprint density at radius 1 is 1.50 bits per heavy atom. The summed E-state index contributed by atoms with van der Waals surface area (Å²) < 4.78 is 5.22. The van der Waals surface area contributed by atoms with Crippen molar-refractivity contribution in [2.75, 3.05) is 30.8 Å². The molecule has 0 aliphatic rings. The topological polar surface area (TPSA) is 71.1 Å². The number of rotatable bonds is 6.